The van der Waals surface area contributed by atoms with E-state index in [1.54, 1.807) is 0 Å². The first-order valence-corrected chi connectivity index (χ1v) is 10.1. The van der Waals surface area contributed by atoms with E-state index >= 15 is 0 Å². The van der Waals surface area contributed by atoms with Gasteiger partial charge in [0.25, 0.3) is 5.91 Å². The fourth-order valence-electron chi connectivity index (χ4n) is 3.79. The van der Waals surface area contributed by atoms with Gasteiger partial charge in [0, 0.05) is 0 Å². The first kappa shape index (κ1) is 19.5. The van der Waals surface area contributed by atoms with Crippen LogP contribution in [0, 0.1) is 13.8 Å². The largest absolute Gasteiger partial charge is 0.481 e. The first-order valence-electron chi connectivity index (χ1n) is 10.1. The molecule has 1 N–H and O–H groups in total. The number of nitrogens with one attached hydrogen (secondary N) is 1. The molecule has 0 unspecified atom stereocenters. The third-order valence-electron chi connectivity index (χ3n) is 5.68. The van der Waals surface area contributed by atoms with Gasteiger partial charge in [-0.2, -0.15) is 0 Å². The lowest BCUT2D eigenvalue weighted by Crippen LogP contribution is -2.38. The van der Waals surface area contributed by atoms with E-state index in [-0.39, 0.29) is 11.9 Å². The highest BCUT2D eigenvalue weighted by atomic mass is 16.5. The lowest BCUT2D eigenvalue weighted by Gasteiger charge is -2.24. The highest BCUT2D eigenvalue weighted by Crippen LogP contribution is 2.30. The minimum absolute atomic E-state index is 0.00698. The van der Waals surface area contributed by atoms with Crippen molar-refractivity contribution in [3.63, 3.8) is 0 Å². The molecule has 27 heavy (non-hydrogen) atoms. The highest BCUT2D eigenvalue weighted by molar-refractivity contribution is 5.81. The Balaban J connectivity index is 1.69. The van der Waals surface area contributed by atoms with E-state index in [0.717, 1.165) is 30.6 Å². The quantitative estimate of drug-likeness (QED) is 0.762. The molecule has 2 aromatic rings. The number of ether oxygens (including phenoxy) is 1. The molecule has 1 amide bonds. The summed E-state index contributed by atoms with van der Waals surface area (Å²) in [5, 5.41) is 3.17. The fourth-order valence-corrected chi connectivity index (χ4v) is 3.79. The Morgan fingerprint density at radius 3 is 2.63 bits per heavy atom. The number of aryl methyl sites for hydroxylation is 3. The second-order valence-corrected chi connectivity index (χ2v) is 7.67. The van der Waals surface area contributed by atoms with Gasteiger partial charge in [0.15, 0.2) is 6.10 Å². The molecule has 0 fully saturated rings. The van der Waals surface area contributed by atoms with Crippen molar-refractivity contribution in [2.75, 3.05) is 0 Å². The molecule has 0 aliphatic heterocycles. The summed E-state index contributed by atoms with van der Waals surface area (Å²) in [4.78, 5) is 12.8. The summed E-state index contributed by atoms with van der Waals surface area (Å²) in [6.45, 7) is 8.15. The molecule has 3 nitrogen and oxygen atoms in total. The molecule has 0 saturated carbocycles. The molecule has 0 aromatic heterocycles. The van der Waals surface area contributed by atoms with Gasteiger partial charge in [0.2, 0.25) is 0 Å². The fraction of sp³-hybridized carbons (Fsp3) is 0.458. The van der Waals surface area contributed by atoms with Crippen LogP contribution >= 0.6 is 0 Å². The molecule has 0 heterocycles. The summed E-state index contributed by atoms with van der Waals surface area (Å²) in [7, 11) is 0. The van der Waals surface area contributed by atoms with Crippen molar-refractivity contribution in [1.29, 1.82) is 0 Å². The van der Waals surface area contributed by atoms with Crippen LogP contribution < -0.4 is 10.1 Å². The zero-order valence-electron chi connectivity index (χ0n) is 17.0. The number of carbonyl (C=O) groups is 1. The van der Waals surface area contributed by atoms with Crippen molar-refractivity contribution >= 4 is 5.91 Å². The van der Waals surface area contributed by atoms with Crippen LogP contribution in [0.2, 0.25) is 0 Å². The van der Waals surface area contributed by atoms with E-state index in [4.69, 9.17) is 4.74 Å². The predicted octanol–water partition coefficient (Wildman–Crippen LogP) is 5.22. The van der Waals surface area contributed by atoms with Crippen molar-refractivity contribution in [3.8, 4) is 5.75 Å². The van der Waals surface area contributed by atoms with Gasteiger partial charge < -0.3 is 10.1 Å². The van der Waals surface area contributed by atoms with Crippen LogP contribution in [0.25, 0.3) is 0 Å². The Bertz CT molecular complexity index is 812. The van der Waals surface area contributed by atoms with Gasteiger partial charge in [-0.05, 0) is 86.8 Å². The summed E-state index contributed by atoms with van der Waals surface area (Å²) in [5.74, 6) is 0.808. The van der Waals surface area contributed by atoms with Crippen LogP contribution in [-0.4, -0.2) is 12.0 Å². The van der Waals surface area contributed by atoms with Gasteiger partial charge >= 0.3 is 0 Å². The molecule has 1 aliphatic carbocycles. The van der Waals surface area contributed by atoms with E-state index in [9.17, 15) is 4.79 Å². The molecular weight excluding hydrogens is 334 g/mol. The second-order valence-electron chi connectivity index (χ2n) is 7.67. The van der Waals surface area contributed by atoms with Crippen LogP contribution in [0.5, 0.6) is 5.75 Å². The standard InChI is InChI=1S/C24H31NO2/c1-5-22(20-14-13-16(2)17(3)15-20)25-24(26)18(4)27-23-12-8-10-19-9-6-7-11-21(19)23/h8,10,12-15,18,22H,5-7,9,11H2,1-4H3,(H,25,26)/t18-,22+/m1/s1. The number of hydrogen-bond donors (Lipinski definition) is 1. The molecule has 3 rings (SSSR count). The topological polar surface area (TPSA) is 38.3 Å². The highest BCUT2D eigenvalue weighted by Gasteiger charge is 2.22. The molecule has 2 aromatic carbocycles. The van der Waals surface area contributed by atoms with Crippen LogP contribution in [0.1, 0.15) is 67.0 Å². The summed E-state index contributed by atoms with van der Waals surface area (Å²) < 4.78 is 6.09. The lowest BCUT2D eigenvalue weighted by atomic mass is 9.91. The van der Waals surface area contributed by atoms with Gasteiger partial charge in [0.05, 0.1) is 6.04 Å². The maximum Gasteiger partial charge on any atom is 0.261 e. The number of benzene rings is 2. The minimum atomic E-state index is -0.515. The Morgan fingerprint density at radius 1 is 1.11 bits per heavy atom. The average molecular weight is 366 g/mol. The number of amides is 1. The van der Waals surface area contributed by atoms with Crippen molar-refractivity contribution < 1.29 is 9.53 Å². The SMILES string of the molecule is CC[C@H](NC(=O)[C@@H](C)Oc1cccc2c1CCCC2)c1ccc(C)c(C)c1. The summed E-state index contributed by atoms with van der Waals surface area (Å²) in [5.41, 5.74) is 6.32. The number of fused-ring (bicyclic) bond motifs is 1. The van der Waals surface area contributed by atoms with Gasteiger partial charge in [-0.15, -0.1) is 0 Å². The van der Waals surface area contributed by atoms with Crippen molar-refractivity contribution in [3.05, 3.63) is 64.2 Å². The summed E-state index contributed by atoms with van der Waals surface area (Å²) in [6, 6.07) is 12.6. The van der Waals surface area contributed by atoms with Crippen LogP contribution in [0.4, 0.5) is 0 Å². The van der Waals surface area contributed by atoms with E-state index in [1.165, 1.54) is 35.1 Å². The van der Waals surface area contributed by atoms with Crippen molar-refractivity contribution in [2.45, 2.75) is 71.9 Å². The molecule has 0 radical (unpaired) electrons. The molecule has 0 bridgehead atoms. The van der Waals surface area contributed by atoms with Crippen LogP contribution in [-0.2, 0) is 17.6 Å². The maximum absolute atomic E-state index is 12.8. The normalized spacial score (nSPS) is 15.6. The summed E-state index contributed by atoms with van der Waals surface area (Å²) >= 11 is 0. The molecule has 0 spiro atoms. The molecule has 0 saturated heterocycles. The molecule has 144 valence electrons. The van der Waals surface area contributed by atoms with E-state index in [2.05, 4.69) is 50.4 Å². The molecular formula is C24H31NO2. The minimum Gasteiger partial charge on any atom is -0.481 e. The average Bonchev–Trinajstić information content (AvgIpc) is 2.68. The molecule has 2 atom stereocenters. The zero-order valence-corrected chi connectivity index (χ0v) is 17.0. The van der Waals surface area contributed by atoms with Gasteiger partial charge in [-0.25, -0.2) is 0 Å². The van der Waals surface area contributed by atoms with E-state index in [0.29, 0.717) is 0 Å². The second kappa shape index (κ2) is 8.60. The lowest BCUT2D eigenvalue weighted by molar-refractivity contribution is -0.128. The smallest absolute Gasteiger partial charge is 0.261 e. The Morgan fingerprint density at radius 2 is 1.89 bits per heavy atom. The van der Waals surface area contributed by atoms with Crippen LogP contribution in [0.15, 0.2) is 36.4 Å². The summed E-state index contributed by atoms with van der Waals surface area (Å²) in [6.07, 6.45) is 4.91. The predicted molar refractivity (Wildman–Crippen MR) is 110 cm³/mol. The Kier molecular flexibility index (Phi) is 6.20. The maximum atomic E-state index is 12.8. The van der Waals surface area contributed by atoms with Crippen LogP contribution in [0.3, 0.4) is 0 Å². The number of carbonyl (C=O) groups excluding carboxylic acids is 1. The first-order chi connectivity index (χ1) is 13.0. The van der Waals surface area contributed by atoms with Gasteiger partial charge in [0.1, 0.15) is 5.75 Å². The Hall–Kier alpha value is -2.29. The Labute approximate surface area is 163 Å². The number of rotatable bonds is 6. The molecule has 3 heteroatoms. The monoisotopic (exact) mass is 365 g/mol. The molecule has 1 aliphatic rings. The van der Waals surface area contributed by atoms with Gasteiger partial charge in [-0.3, -0.25) is 4.79 Å². The third kappa shape index (κ3) is 4.52. The van der Waals surface area contributed by atoms with E-state index in [1.807, 2.05) is 19.1 Å². The van der Waals surface area contributed by atoms with Crippen molar-refractivity contribution in [2.24, 2.45) is 0 Å². The van der Waals surface area contributed by atoms with E-state index < -0.39 is 6.10 Å². The van der Waals surface area contributed by atoms with Crippen molar-refractivity contribution in [1.82, 2.24) is 5.32 Å². The third-order valence-corrected chi connectivity index (χ3v) is 5.68. The number of hydrogen-bond acceptors (Lipinski definition) is 2. The zero-order chi connectivity index (χ0) is 19.4. The van der Waals surface area contributed by atoms with Gasteiger partial charge in [-0.1, -0.05) is 37.3 Å².